The van der Waals surface area contributed by atoms with Crippen molar-refractivity contribution in [3.63, 3.8) is 0 Å². The van der Waals surface area contributed by atoms with Gasteiger partial charge in [-0.15, -0.1) is 11.8 Å². The van der Waals surface area contributed by atoms with Crippen molar-refractivity contribution >= 4 is 33.3 Å². The summed E-state index contributed by atoms with van der Waals surface area (Å²) in [5.41, 5.74) is 3.52. The highest BCUT2D eigenvalue weighted by Gasteiger charge is 2.07. The number of fused-ring (bicyclic) bond motifs is 2. The van der Waals surface area contributed by atoms with Crippen LogP contribution in [0, 0.1) is 13.8 Å². The van der Waals surface area contributed by atoms with Crippen molar-refractivity contribution in [2.45, 2.75) is 45.6 Å². The number of ether oxygens (including phenoxy) is 1. The zero-order chi connectivity index (χ0) is 23.0. The molecule has 1 atom stereocenters. The van der Waals surface area contributed by atoms with Gasteiger partial charge in [0.1, 0.15) is 5.75 Å². The summed E-state index contributed by atoms with van der Waals surface area (Å²) in [6.07, 6.45) is 1.64. The highest BCUT2D eigenvalue weighted by molar-refractivity contribution is 7.98. The summed E-state index contributed by atoms with van der Waals surface area (Å²) in [6, 6.07) is 23.0. The fraction of sp³-hybridized carbons (Fsp3) is 0.286. The molecule has 31 heavy (non-hydrogen) atoms. The summed E-state index contributed by atoms with van der Waals surface area (Å²) in [5.74, 6) is 0.960. The average molecular weight is 435 g/mol. The van der Waals surface area contributed by atoms with Crippen LogP contribution >= 0.6 is 11.8 Å². The minimum atomic E-state index is -0.415. The molecule has 164 valence electrons. The van der Waals surface area contributed by atoms with Crippen molar-refractivity contribution < 1.29 is 9.84 Å². The van der Waals surface area contributed by atoms with Crippen molar-refractivity contribution in [3.8, 4) is 5.75 Å². The van der Waals surface area contributed by atoms with E-state index < -0.39 is 6.10 Å². The Kier molecular flexibility index (Phi) is 9.42. The van der Waals surface area contributed by atoms with Crippen molar-refractivity contribution in [2.75, 3.05) is 13.4 Å². The van der Waals surface area contributed by atoms with E-state index in [2.05, 4.69) is 68.6 Å². The molecule has 0 aliphatic carbocycles. The van der Waals surface area contributed by atoms with E-state index in [1.807, 2.05) is 39.0 Å². The Labute approximate surface area is 191 Å². The van der Waals surface area contributed by atoms with Crippen LogP contribution in [0.15, 0.2) is 71.6 Å². The summed E-state index contributed by atoms with van der Waals surface area (Å²) in [5, 5.41) is 14.6. The Hall–Kier alpha value is -2.49. The van der Waals surface area contributed by atoms with E-state index in [4.69, 9.17) is 4.74 Å². The Morgan fingerprint density at radius 1 is 0.839 bits per heavy atom. The smallest absolute Gasteiger partial charge is 0.122 e. The van der Waals surface area contributed by atoms with E-state index in [0.717, 1.165) is 16.7 Å². The van der Waals surface area contributed by atoms with E-state index in [1.54, 1.807) is 18.9 Å². The van der Waals surface area contributed by atoms with E-state index in [1.165, 1.54) is 32.2 Å². The zero-order valence-corrected chi connectivity index (χ0v) is 20.5. The molecule has 1 unspecified atom stereocenters. The van der Waals surface area contributed by atoms with Gasteiger partial charge in [0.2, 0.25) is 0 Å². The fourth-order valence-corrected chi connectivity index (χ4v) is 4.07. The molecule has 0 amide bonds. The molecule has 0 saturated carbocycles. The van der Waals surface area contributed by atoms with Crippen LogP contribution in [-0.4, -0.2) is 18.5 Å². The van der Waals surface area contributed by atoms with Gasteiger partial charge in [0.15, 0.2) is 0 Å². The van der Waals surface area contributed by atoms with Crippen LogP contribution in [-0.2, 0) is 0 Å². The predicted octanol–water partition coefficient (Wildman–Crippen LogP) is 8.11. The summed E-state index contributed by atoms with van der Waals surface area (Å²) in [6.45, 7) is 10.0. The maximum Gasteiger partial charge on any atom is 0.122 e. The molecular weight excluding hydrogens is 400 g/mol. The van der Waals surface area contributed by atoms with Crippen molar-refractivity contribution in [2.24, 2.45) is 0 Å². The van der Waals surface area contributed by atoms with Crippen LogP contribution in [0.5, 0.6) is 5.75 Å². The molecule has 1 N–H and O–H groups in total. The Balaban J connectivity index is 0.000000204. The van der Waals surface area contributed by atoms with Gasteiger partial charge in [-0.3, -0.25) is 0 Å². The number of aliphatic hydroxyl groups is 1. The molecule has 2 nitrogen and oxygen atoms in total. The molecular formula is C28H34O2S. The molecule has 0 aliphatic rings. The normalized spacial score (nSPS) is 11.2. The van der Waals surface area contributed by atoms with Crippen molar-refractivity contribution in [1.82, 2.24) is 0 Å². The monoisotopic (exact) mass is 434 g/mol. The van der Waals surface area contributed by atoms with E-state index in [-0.39, 0.29) is 0 Å². The second-order valence-corrected chi connectivity index (χ2v) is 8.11. The number of thioether (sulfide) groups is 1. The summed E-state index contributed by atoms with van der Waals surface area (Å²) < 4.78 is 5.28. The molecule has 4 aromatic carbocycles. The fourth-order valence-electron chi connectivity index (χ4n) is 3.58. The highest BCUT2D eigenvalue weighted by Crippen LogP contribution is 2.30. The van der Waals surface area contributed by atoms with Gasteiger partial charge in [0.05, 0.1) is 13.2 Å². The van der Waals surface area contributed by atoms with Gasteiger partial charge in [-0.05, 0) is 77.9 Å². The van der Waals surface area contributed by atoms with E-state index in [0.29, 0.717) is 0 Å². The summed E-state index contributed by atoms with van der Waals surface area (Å²) >= 11 is 1.70. The maximum absolute atomic E-state index is 9.73. The third-order valence-electron chi connectivity index (χ3n) is 5.17. The third-order valence-corrected chi connectivity index (χ3v) is 5.88. The molecule has 0 spiro atoms. The number of rotatable bonds is 3. The Morgan fingerprint density at radius 2 is 1.52 bits per heavy atom. The number of aliphatic hydroxyl groups excluding tert-OH is 1. The molecule has 0 heterocycles. The molecule has 4 rings (SSSR count). The number of benzene rings is 4. The van der Waals surface area contributed by atoms with Crippen LogP contribution in [0.4, 0.5) is 0 Å². The van der Waals surface area contributed by atoms with Gasteiger partial charge in [-0.2, -0.15) is 0 Å². The van der Waals surface area contributed by atoms with Gasteiger partial charge in [-0.25, -0.2) is 0 Å². The van der Waals surface area contributed by atoms with E-state index >= 15 is 0 Å². The molecule has 0 aliphatic heterocycles. The first-order valence-corrected chi connectivity index (χ1v) is 12.0. The number of aryl methyl sites for hydroxylation is 2. The largest absolute Gasteiger partial charge is 0.496 e. The highest BCUT2D eigenvalue weighted by atomic mass is 32.2. The van der Waals surface area contributed by atoms with Gasteiger partial charge in [0, 0.05) is 4.90 Å². The molecule has 0 saturated heterocycles. The van der Waals surface area contributed by atoms with Crippen LogP contribution in [0.1, 0.15) is 43.6 Å². The SMILES string of the molecule is CC.COc1ccc2cc(C)ccc2c1C.CSc1cc(C(C)O)c2ccccc2c1. The first-order chi connectivity index (χ1) is 14.9. The first-order valence-electron chi connectivity index (χ1n) is 10.7. The van der Waals surface area contributed by atoms with Crippen molar-refractivity contribution in [1.29, 1.82) is 0 Å². The zero-order valence-electron chi connectivity index (χ0n) is 19.7. The third kappa shape index (κ3) is 6.03. The van der Waals surface area contributed by atoms with E-state index in [9.17, 15) is 5.11 Å². The van der Waals surface area contributed by atoms with Crippen LogP contribution in [0.25, 0.3) is 21.5 Å². The van der Waals surface area contributed by atoms with Crippen LogP contribution < -0.4 is 4.74 Å². The minimum absolute atomic E-state index is 0.415. The number of methoxy groups -OCH3 is 1. The predicted molar refractivity (Wildman–Crippen MR) is 138 cm³/mol. The minimum Gasteiger partial charge on any atom is -0.496 e. The van der Waals surface area contributed by atoms with Gasteiger partial charge >= 0.3 is 0 Å². The Morgan fingerprint density at radius 3 is 2.16 bits per heavy atom. The first kappa shape index (κ1) is 24.8. The van der Waals surface area contributed by atoms with Gasteiger partial charge in [-0.1, -0.05) is 67.9 Å². The number of hydrogen-bond acceptors (Lipinski definition) is 3. The summed E-state index contributed by atoms with van der Waals surface area (Å²) in [4.78, 5) is 1.20. The molecule has 0 bridgehead atoms. The lowest BCUT2D eigenvalue weighted by Crippen LogP contribution is -1.93. The molecule has 3 heteroatoms. The topological polar surface area (TPSA) is 29.5 Å². The number of hydrogen-bond donors (Lipinski definition) is 1. The standard InChI is InChI=1S/C13H14OS.C13H14O.C2H6/c1-9(14)13-8-11(15-2)7-10-5-3-4-6-12(10)13;1-9-4-6-12-10(2)13(14-3)7-5-11(12)8-9;1-2/h3-9,14H,1-2H3;4-8H,1-3H3;1-2H3. The summed E-state index contributed by atoms with van der Waals surface area (Å²) in [7, 11) is 1.71. The second-order valence-electron chi connectivity index (χ2n) is 7.23. The van der Waals surface area contributed by atoms with Gasteiger partial charge in [0.25, 0.3) is 0 Å². The van der Waals surface area contributed by atoms with Crippen LogP contribution in [0.3, 0.4) is 0 Å². The second kappa shape index (κ2) is 11.8. The van der Waals surface area contributed by atoms with Gasteiger partial charge < -0.3 is 9.84 Å². The molecule has 4 aromatic rings. The maximum atomic E-state index is 9.73. The lowest BCUT2D eigenvalue weighted by Gasteiger charge is -2.11. The van der Waals surface area contributed by atoms with Crippen LogP contribution in [0.2, 0.25) is 0 Å². The molecule has 0 fully saturated rings. The molecule has 0 radical (unpaired) electrons. The molecule has 0 aromatic heterocycles. The average Bonchev–Trinajstić information content (AvgIpc) is 2.80. The lowest BCUT2D eigenvalue weighted by atomic mass is 10.0. The van der Waals surface area contributed by atoms with Crippen molar-refractivity contribution in [3.05, 3.63) is 83.4 Å². The quantitative estimate of drug-likeness (QED) is 0.330. The Bertz CT molecular complexity index is 1130. The lowest BCUT2D eigenvalue weighted by molar-refractivity contribution is 0.200.